The van der Waals surface area contributed by atoms with Crippen LogP contribution in [0.5, 0.6) is 0 Å². The van der Waals surface area contributed by atoms with Crippen molar-refractivity contribution in [1.29, 1.82) is 0 Å². The lowest BCUT2D eigenvalue weighted by molar-refractivity contribution is -0.118. The van der Waals surface area contributed by atoms with Crippen LogP contribution in [0.25, 0.3) is 11.3 Å². The highest BCUT2D eigenvalue weighted by Crippen LogP contribution is 2.26. The first-order valence-electron chi connectivity index (χ1n) is 9.58. The standard InChI is InChI=1S/C23H25N3O2S/c1-16-12-13-18(14-17(16)2)20-15-29-23(24-20)25-21(27)10-7-11-22(28)26(3)19-8-5-4-6-9-19/h4-6,8-9,12-15H,7,10-11H2,1-3H3,(H,24,25,27). The van der Waals surface area contributed by atoms with Gasteiger partial charge in [-0.3, -0.25) is 9.59 Å². The molecule has 1 heterocycles. The van der Waals surface area contributed by atoms with Crippen molar-refractivity contribution >= 4 is 34.0 Å². The summed E-state index contributed by atoms with van der Waals surface area (Å²) >= 11 is 1.41. The molecule has 3 aromatic rings. The van der Waals surface area contributed by atoms with Crippen LogP contribution in [0.3, 0.4) is 0 Å². The van der Waals surface area contributed by atoms with Gasteiger partial charge in [0.25, 0.3) is 0 Å². The monoisotopic (exact) mass is 407 g/mol. The number of anilines is 2. The van der Waals surface area contributed by atoms with Gasteiger partial charge in [-0.25, -0.2) is 4.98 Å². The number of benzene rings is 2. The molecule has 0 aliphatic rings. The molecule has 0 atom stereocenters. The zero-order chi connectivity index (χ0) is 20.8. The van der Waals surface area contributed by atoms with E-state index in [9.17, 15) is 9.59 Å². The molecule has 0 spiro atoms. The average Bonchev–Trinajstić information content (AvgIpc) is 3.18. The summed E-state index contributed by atoms with van der Waals surface area (Å²) in [5.74, 6) is -0.128. The zero-order valence-corrected chi connectivity index (χ0v) is 17.8. The molecule has 0 bridgehead atoms. The smallest absolute Gasteiger partial charge is 0.226 e. The van der Waals surface area contributed by atoms with Crippen molar-refractivity contribution in [3.63, 3.8) is 0 Å². The molecular formula is C23H25N3O2S. The number of carbonyl (C=O) groups excluding carboxylic acids is 2. The van der Waals surface area contributed by atoms with Crippen molar-refractivity contribution in [2.75, 3.05) is 17.3 Å². The first-order valence-corrected chi connectivity index (χ1v) is 10.5. The Hall–Kier alpha value is -2.99. The number of nitrogens with zero attached hydrogens (tertiary/aromatic N) is 2. The first kappa shape index (κ1) is 20.7. The molecule has 6 heteroatoms. The molecule has 0 saturated carbocycles. The van der Waals surface area contributed by atoms with Crippen LogP contribution < -0.4 is 10.2 Å². The third-order valence-corrected chi connectivity index (χ3v) is 5.62. The van der Waals surface area contributed by atoms with E-state index in [1.807, 2.05) is 41.8 Å². The van der Waals surface area contributed by atoms with Gasteiger partial charge < -0.3 is 10.2 Å². The number of amides is 2. The van der Waals surface area contributed by atoms with Gasteiger partial charge in [-0.15, -0.1) is 11.3 Å². The Kier molecular flexibility index (Phi) is 6.77. The Morgan fingerprint density at radius 2 is 1.79 bits per heavy atom. The van der Waals surface area contributed by atoms with Gasteiger partial charge in [-0.1, -0.05) is 30.3 Å². The Morgan fingerprint density at radius 3 is 2.52 bits per heavy atom. The van der Waals surface area contributed by atoms with E-state index in [1.54, 1.807) is 11.9 Å². The summed E-state index contributed by atoms with van der Waals surface area (Å²) in [6, 6.07) is 15.7. The molecule has 3 rings (SSSR count). The third kappa shape index (κ3) is 5.51. The van der Waals surface area contributed by atoms with Crippen LogP contribution in [0.1, 0.15) is 30.4 Å². The van der Waals surface area contributed by atoms with E-state index in [0.717, 1.165) is 16.9 Å². The van der Waals surface area contributed by atoms with Crippen LogP contribution in [0.4, 0.5) is 10.8 Å². The first-order chi connectivity index (χ1) is 13.9. The molecule has 1 aromatic heterocycles. The number of hydrogen-bond acceptors (Lipinski definition) is 4. The molecular weight excluding hydrogens is 382 g/mol. The predicted octanol–water partition coefficient (Wildman–Crippen LogP) is 5.20. The van der Waals surface area contributed by atoms with Gasteiger partial charge in [0.2, 0.25) is 11.8 Å². The van der Waals surface area contributed by atoms with Crippen molar-refractivity contribution in [2.45, 2.75) is 33.1 Å². The van der Waals surface area contributed by atoms with E-state index in [0.29, 0.717) is 18.0 Å². The number of aromatic nitrogens is 1. The summed E-state index contributed by atoms with van der Waals surface area (Å²) < 4.78 is 0. The van der Waals surface area contributed by atoms with E-state index >= 15 is 0 Å². The average molecular weight is 408 g/mol. The Bertz CT molecular complexity index is 998. The number of carbonyl (C=O) groups is 2. The summed E-state index contributed by atoms with van der Waals surface area (Å²) in [5.41, 5.74) is 5.20. The Labute approximate surface area is 175 Å². The highest BCUT2D eigenvalue weighted by Gasteiger charge is 2.13. The summed E-state index contributed by atoms with van der Waals surface area (Å²) in [6.07, 6.45) is 1.11. The second kappa shape index (κ2) is 9.47. The molecule has 0 unspecified atom stereocenters. The number of hydrogen-bond donors (Lipinski definition) is 1. The molecule has 29 heavy (non-hydrogen) atoms. The number of para-hydroxylation sites is 1. The minimum Gasteiger partial charge on any atom is -0.316 e. The fourth-order valence-electron chi connectivity index (χ4n) is 2.91. The molecule has 2 aromatic carbocycles. The van der Waals surface area contributed by atoms with E-state index in [4.69, 9.17) is 0 Å². The lowest BCUT2D eigenvalue weighted by Gasteiger charge is -2.17. The van der Waals surface area contributed by atoms with Crippen LogP contribution in [0, 0.1) is 13.8 Å². The fraction of sp³-hybridized carbons (Fsp3) is 0.261. The lowest BCUT2D eigenvalue weighted by Crippen LogP contribution is -2.26. The maximum atomic E-state index is 12.3. The highest BCUT2D eigenvalue weighted by atomic mass is 32.1. The quantitative estimate of drug-likeness (QED) is 0.586. The van der Waals surface area contributed by atoms with E-state index in [2.05, 4.69) is 36.3 Å². The van der Waals surface area contributed by atoms with E-state index < -0.39 is 0 Å². The molecule has 5 nitrogen and oxygen atoms in total. The predicted molar refractivity (Wildman–Crippen MR) is 119 cm³/mol. The van der Waals surface area contributed by atoms with Crippen LogP contribution in [-0.2, 0) is 9.59 Å². The number of rotatable bonds is 7. The van der Waals surface area contributed by atoms with Crippen molar-refractivity contribution in [1.82, 2.24) is 4.98 Å². The number of nitrogens with one attached hydrogen (secondary N) is 1. The van der Waals surface area contributed by atoms with Gasteiger partial charge in [0.1, 0.15) is 0 Å². The van der Waals surface area contributed by atoms with Crippen LogP contribution >= 0.6 is 11.3 Å². The van der Waals surface area contributed by atoms with Crippen molar-refractivity contribution in [3.8, 4) is 11.3 Å². The second-order valence-electron chi connectivity index (χ2n) is 7.03. The third-order valence-electron chi connectivity index (χ3n) is 4.87. The highest BCUT2D eigenvalue weighted by molar-refractivity contribution is 7.14. The Balaban J connectivity index is 1.48. The molecule has 1 N–H and O–H groups in total. The van der Waals surface area contributed by atoms with Gasteiger partial charge in [0, 0.05) is 36.5 Å². The summed E-state index contributed by atoms with van der Waals surface area (Å²) in [4.78, 5) is 30.6. The van der Waals surface area contributed by atoms with E-state index in [1.165, 1.54) is 22.5 Å². The van der Waals surface area contributed by atoms with Gasteiger partial charge >= 0.3 is 0 Å². The van der Waals surface area contributed by atoms with Crippen molar-refractivity contribution < 1.29 is 9.59 Å². The molecule has 0 aliphatic carbocycles. The molecule has 0 radical (unpaired) electrons. The number of aryl methyl sites for hydroxylation is 2. The minimum atomic E-state index is -0.124. The largest absolute Gasteiger partial charge is 0.316 e. The minimum absolute atomic E-state index is 0.00437. The molecule has 0 fully saturated rings. The number of thiazole rings is 1. The van der Waals surface area contributed by atoms with Gasteiger partial charge in [0.15, 0.2) is 5.13 Å². The van der Waals surface area contributed by atoms with Crippen LogP contribution in [0.15, 0.2) is 53.9 Å². The molecule has 2 amide bonds. The summed E-state index contributed by atoms with van der Waals surface area (Å²) in [5, 5.41) is 5.36. The molecule has 0 aliphatic heterocycles. The van der Waals surface area contributed by atoms with Gasteiger partial charge in [-0.05, 0) is 49.6 Å². The van der Waals surface area contributed by atoms with Crippen molar-refractivity contribution in [3.05, 3.63) is 65.0 Å². The zero-order valence-electron chi connectivity index (χ0n) is 16.9. The Morgan fingerprint density at radius 1 is 1.03 bits per heavy atom. The summed E-state index contributed by atoms with van der Waals surface area (Å²) in [6.45, 7) is 4.15. The lowest BCUT2D eigenvalue weighted by atomic mass is 10.1. The van der Waals surface area contributed by atoms with Crippen LogP contribution in [0.2, 0.25) is 0 Å². The van der Waals surface area contributed by atoms with Crippen LogP contribution in [-0.4, -0.2) is 23.8 Å². The maximum absolute atomic E-state index is 12.3. The summed E-state index contributed by atoms with van der Waals surface area (Å²) in [7, 11) is 1.75. The molecule has 150 valence electrons. The fourth-order valence-corrected chi connectivity index (χ4v) is 3.65. The SMILES string of the molecule is Cc1ccc(-c2csc(NC(=O)CCCC(=O)N(C)c3ccccc3)n2)cc1C. The normalized spacial score (nSPS) is 10.6. The van der Waals surface area contributed by atoms with E-state index in [-0.39, 0.29) is 18.2 Å². The molecule has 0 saturated heterocycles. The topological polar surface area (TPSA) is 62.3 Å². The maximum Gasteiger partial charge on any atom is 0.226 e. The van der Waals surface area contributed by atoms with Gasteiger partial charge in [0.05, 0.1) is 5.69 Å². The van der Waals surface area contributed by atoms with Crippen molar-refractivity contribution in [2.24, 2.45) is 0 Å². The van der Waals surface area contributed by atoms with Gasteiger partial charge in [-0.2, -0.15) is 0 Å². The second-order valence-corrected chi connectivity index (χ2v) is 7.89.